The molecule has 52 heavy (non-hydrogen) atoms. The van der Waals surface area contributed by atoms with Crippen LogP contribution in [0.4, 0.5) is 39.5 Å². The van der Waals surface area contributed by atoms with E-state index in [-0.39, 0.29) is 30.0 Å². The number of carboxylic acid groups (broad SMARTS) is 1. The van der Waals surface area contributed by atoms with Gasteiger partial charge in [-0.3, -0.25) is 14.4 Å². The van der Waals surface area contributed by atoms with Crippen molar-refractivity contribution < 1.29 is 54.2 Å². The molecule has 1 fully saturated rings. The van der Waals surface area contributed by atoms with E-state index in [1.54, 1.807) is 13.8 Å². The van der Waals surface area contributed by atoms with Gasteiger partial charge in [0.1, 0.15) is 17.5 Å². The summed E-state index contributed by atoms with van der Waals surface area (Å²) in [7, 11) is 0. The topological polar surface area (TPSA) is 79.6 Å². The van der Waals surface area contributed by atoms with Gasteiger partial charge in [-0.1, -0.05) is 19.9 Å². The molecule has 2 heterocycles. The summed E-state index contributed by atoms with van der Waals surface area (Å²) in [5.41, 5.74) is -7.46. The van der Waals surface area contributed by atoms with E-state index in [4.69, 9.17) is 0 Å². The summed E-state index contributed by atoms with van der Waals surface area (Å²) >= 11 is 0. The molecule has 1 aromatic heterocycles. The third kappa shape index (κ3) is 9.25. The third-order valence-electron chi connectivity index (χ3n) is 9.26. The van der Waals surface area contributed by atoms with E-state index in [2.05, 4.69) is 0 Å². The quantitative estimate of drug-likeness (QED) is 0.167. The van der Waals surface area contributed by atoms with Crippen molar-refractivity contribution in [2.24, 2.45) is 5.92 Å². The minimum atomic E-state index is -5.46. The van der Waals surface area contributed by atoms with E-state index in [0.717, 1.165) is 36.3 Å². The SMILES string of the molecule is Cc1cc(C)c(-c2cc(C(F)(F)F)c(F)c([C@H](CC(=O)O)CC(=O)C(CC(C)C)n3cc(CCCN4CCC4)c(C(F)(F)F)cc3=O)c2F)c(F)c1. The average molecular weight is 747 g/mol. The highest BCUT2D eigenvalue weighted by Crippen LogP contribution is 2.44. The predicted molar refractivity (Wildman–Crippen MR) is 174 cm³/mol. The Hall–Kier alpha value is -4.14. The van der Waals surface area contributed by atoms with Crippen molar-refractivity contribution in [3.8, 4) is 11.1 Å². The Morgan fingerprint density at radius 1 is 0.885 bits per heavy atom. The number of alkyl halides is 6. The maximum atomic E-state index is 16.4. The van der Waals surface area contributed by atoms with Crippen LogP contribution < -0.4 is 5.56 Å². The molecule has 2 aromatic carbocycles. The molecule has 6 nitrogen and oxygen atoms in total. The van der Waals surface area contributed by atoms with Gasteiger partial charge >= 0.3 is 18.3 Å². The van der Waals surface area contributed by atoms with E-state index in [0.29, 0.717) is 24.6 Å². The summed E-state index contributed by atoms with van der Waals surface area (Å²) in [6.45, 7) is 8.09. The fourth-order valence-corrected chi connectivity index (χ4v) is 6.77. The second kappa shape index (κ2) is 15.8. The lowest BCUT2D eigenvalue weighted by Crippen LogP contribution is -2.38. The number of aromatic nitrogens is 1. The lowest BCUT2D eigenvalue weighted by atomic mass is 9.83. The normalized spacial score (nSPS) is 15.1. The third-order valence-corrected chi connectivity index (χ3v) is 9.26. The van der Waals surface area contributed by atoms with Gasteiger partial charge in [0.2, 0.25) is 0 Å². The minimum absolute atomic E-state index is 0.00713. The zero-order chi connectivity index (χ0) is 38.9. The molecule has 15 heteroatoms. The van der Waals surface area contributed by atoms with Gasteiger partial charge in [-0.05, 0) is 93.9 Å². The van der Waals surface area contributed by atoms with Gasteiger partial charge in [0.15, 0.2) is 5.78 Å². The first-order valence-corrected chi connectivity index (χ1v) is 16.7. The van der Waals surface area contributed by atoms with Crippen LogP contribution in [-0.4, -0.2) is 46.0 Å². The predicted octanol–water partition coefficient (Wildman–Crippen LogP) is 9.03. The number of pyridine rings is 1. The average Bonchev–Trinajstić information content (AvgIpc) is 2.96. The minimum Gasteiger partial charge on any atom is -0.481 e. The molecular weight excluding hydrogens is 707 g/mol. The number of aryl methyl sites for hydroxylation is 3. The summed E-state index contributed by atoms with van der Waals surface area (Å²) < 4.78 is 133. The summed E-state index contributed by atoms with van der Waals surface area (Å²) in [6, 6.07) is 1.14. The molecule has 1 aliphatic rings. The summed E-state index contributed by atoms with van der Waals surface area (Å²) in [4.78, 5) is 41.3. The van der Waals surface area contributed by atoms with Gasteiger partial charge in [0.25, 0.3) is 5.56 Å². The van der Waals surface area contributed by atoms with Gasteiger partial charge in [0.05, 0.1) is 23.6 Å². The molecule has 1 N–H and O–H groups in total. The van der Waals surface area contributed by atoms with Gasteiger partial charge in [-0.2, -0.15) is 26.3 Å². The van der Waals surface area contributed by atoms with Gasteiger partial charge in [0, 0.05) is 41.3 Å². The highest BCUT2D eigenvalue weighted by Gasteiger charge is 2.41. The monoisotopic (exact) mass is 746 g/mol. The number of benzene rings is 2. The van der Waals surface area contributed by atoms with Gasteiger partial charge in [-0.25, -0.2) is 13.2 Å². The molecule has 0 radical (unpaired) electrons. The van der Waals surface area contributed by atoms with Crippen LogP contribution in [0.3, 0.4) is 0 Å². The second-order valence-corrected chi connectivity index (χ2v) is 13.8. The Morgan fingerprint density at radius 3 is 2.04 bits per heavy atom. The van der Waals surface area contributed by atoms with E-state index in [1.807, 2.05) is 4.90 Å². The molecule has 2 atom stereocenters. The molecule has 1 aliphatic heterocycles. The highest BCUT2D eigenvalue weighted by atomic mass is 19.4. The Labute approximate surface area is 294 Å². The first-order valence-electron chi connectivity index (χ1n) is 16.7. The number of carboxylic acids is 1. The lowest BCUT2D eigenvalue weighted by Gasteiger charge is -2.30. The van der Waals surface area contributed by atoms with E-state index < -0.39 is 106 Å². The fourth-order valence-electron chi connectivity index (χ4n) is 6.77. The zero-order valence-electron chi connectivity index (χ0n) is 29.0. The molecule has 4 rings (SSSR count). The number of carbonyl (C=O) groups is 2. The van der Waals surface area contributed by atoms with Gasteiger partial charge < -0.3 is 14.6 Å². The number of hydrogen-bond donors (Lipinski definition) is 1. The first-order chi connectivity index (χ1) is 24.1. The molecule has 0 aliphatic carbocycles. The van der Waals surface area contributed by atoms with Crippen LogP contribution in [0.25, 0.3) is 11.1 Å². The summed E-state index contributed by atoms with van der Waals surface area (Å²) in [5.74, 6) is -10.4. The Balaban J connectivity index is 1.86. The molecule has 1 unspecified atom stereocenters. The van der Waals surface area contributed by atoms with Crippen LogP contribution in [0.5, 0.6) is 0 Å². The molecular formula is C37H39F9N2O4. The van der Waals surface area contributed by atoms with Crippen molar-refractivity contribution in [3.05, 3.63) is 91.6 Å². The van der Waals surface area contributed by atoms with Crippen LogP contribution in [0.2, 0.25) is 0 Å². The molecule has 284 valence electrons. The van der Waals surface area contributed by atoms with E-state index in [9.17, 15) is 45.8 Å². The van der Waals surface area contributed by atoms with E-state index in [1.165, 1.54) is 19.9 Å². The second-order valence-electron chi connectivity index (χ2n) is 13.8. The number of likely N-dealkylation sites (tertiary alicyclic amines) is 1. The zero-order valence-corrected chi connectivity index (χ0v) is 29.0. The number of Topliss-reactive ketones (excluding diaryl/α,β-unsaturated/α-hetero) is 1. The number of rotatable bonds is 14. The number of hydrogen-bond acceptors (Lipinski definition) is 4. The Kier molecular flexibility index (Phi) is 12.4. The van der Waals surface area contributed by atoms with Crippen LogP contribution in [0.1, 0.15) is 91.3 Å². The number of halogens is 9. The molecule has 0 spiro atoms. The van der Waals surface area contributed by atoms with Crippen LogP contribution in [-0.2, 0) is 28.4 Å². The van der Waals surface area contributed by atoms with Crippen molar-refractivity contribution in [1.29, 1.82) is 0 Å². The Bertz CT molecular complexity index is 1860. The van der Waals surface area contributed by atoms with Crippen LogP contribution >= 0.6 is 0 Å². The summed E-state index contributed by atoms with van der Waals surface area (Å²) in [5, 5.41) is 9.70. The van der Waals surface area contributed by atoms with Crippen molar-refractivity contribution in [2.45, 2.75) is 90.5 Å². The maximum absolute atomic E-state index is 16.4. The van der Waals surface area contributed by atoms with Crippen molar-refractivity contribution >= 4 is 11.8 Å². The van der Waals surface area contributed by atoms with Crippen molar-refractivity contribution in [3.63, 3.8) is 0 Å². The van der Waals surface area contributed by atoms with Crippen LogP contribution in [0, 0.1) is 37.2 Å². The number of aliphatic carboxylic acids is 1. The Morgan fingerprint density at radius 2 is 1.52 bits per heavy atom. The maximum Gasteiger partial charge on any atom is 0.419 e. The van der Waals surface area contributed by atoms with E-state index >= 15 is 13.2 Å². The standard InChI is InChI=1S/C37H39F9N2O4/c1-19(2)11-28(48-18-22(7-5-8-47-9-6-10-47)25(17-30(48)50)36(41,42)43)29(49)14-23(15-31(51)52)33-34(39)24(16-26(35(33)40)37(44,45)46)32-21(4)12-20(3)13-27(32)38/h12-13,16-19,23,28H,5-11,14-15H2,1-4H3,(H,51,52)/t23-,28?/m0/s1. The van der Waals surface area contributed by atoms with Crippen molar-refractivity contribution in [1.82, 2.24) is 9.47 Å². The molecule has 0 amide bonds. The smallest absolute Gasteiger partial charge is 0.419 e. The van der Waals surface area contributed by atoms with Gasteiger partial charge in [-0.15, -0.1) is 0 Å². The lowest BCUT2D eigenvalue weighted by molar-refractivity contribution is -0.140. The first kappa shape index (κ1) is 40.6. The van der Waals surface area contributed by atoms with Crippen LogP contribution in [0.15, 0.2) is 35.3 Å². The number of carbonyl (C=O) groups excluding carboxylic acids is 1. The molecule has 3 aromatic rings. The largest absolute Gasteiger partial charge is 0.481 e. The molecule has 1 saturated heterocycles. The van der Waals surface area contributed by atoms with Crippen molar-refractivity contribution in [2.75, 3.05) is 19.6 Å². The molecule has 0 saturated carbocycles. The number of nitrogens with zero attached hydrogens (tertiary/aromatic N) is 2. The number of ketones is 1. The fraction of sp³-hybridized carbons (Fsp3) is 0.486. The summed E-state index contributed by atoms with van der Waals surface area (Å²) in [6.07, 6.45) is -10.9. The highest BCUT2D eigenvalue weighted by molar-refractivity contribution is 5.84. The molecule has 0 bridgehead atoms.